The zero-order chi connectivity index (χ0) is 36.3. The van der Waals surface area contributed by atoms with Crippen molar-refractivity contribution in [1.82, 2.24) is 15.3 Å². The van der Waals surface area contributed by atoms with Crippen LogP contribution in [0.25, 0.3) is 0 Å². The Morgan fingerprint density at radius 1 is 0.635 bits per heavy atom. The SMILES string of the molecule is COC(=O)c1cccc2c1CC1(CCN(Cc3ccccc3)CC1)C2=O.O=C(NO)c1cccc2c1CC1(CCN(Cc3ccccc3)CC1)C2=O. The first-order chi connectivity index (χ1) is 25.3. The predicted molar refractivity (Wildman–Crippen MR) is 196 cm³/mol. The molecule has 8 rings (SSSR count). The third-order valence-electron chi connectivity index (χ3n) is 11.7. The normalized spacial score (nSPS) is 18.7. The Morgan fingerprint density at radius 2 is 1.06 bits per heavy atom. The van der Waals surface area contributed by atoms with Gasteiger partial charge in [0.05, 0.1) is 12.7 Å². The van der Waals surface area contributed by atoms with E-state index in [0.717, 1.165) is 76.1 Å². The molecule has 4 aliphatic rings. The molecule has 268 valence electrons. The van der Waals surface area contributed by atoms with E-state index < -0.39 is 11.3 Å². The maximum Gasteiger partial charge on any atom is 0.338 e. The van der Waals surface area contributed by atoms with Crippen LogP contribution in [-0.2, 0) is 30.7 Å². The van der Waals surface area contributed by atoms with Crippen LogP contribution >= 0.6 is 0 Å². The van der Waals surface area contributed by atoms with Gasteiger partial charge in [-0.2, -0.15) is 0 Å². The number of hydrogen-bond acceptors (Lipinski definition) is 8. The number of methoxy groups -OCH3 is 1. The zero-order valence-corrected chi connectivity index (χ0v) is 29.6. The molecule has 0 bridgehead atoms. The van der Waals surface area contributed by atoms with Gasteiger partial charge in [-0.3, -0.25) is 29.4 Å². The second-order valence-corrected chi connectivity index (χ2v) is 14.7. The molecule has 4 aromatic carbocycles. The van der Waals surface area contributed by atoms with Crippen molar-refractivity contribution in [2.45, 2.75) is 51.6 Å². The Hall–Kier alpha value is -4.96. The quantitative estimate of drug-likeness (QED) is 0.137. The number of hydroxylamine groups is 1. The van der Waals surface area contributed by atoms with Crippen LogP contribution in [0.2, 0.25) is 0 Å². The number of ketones is 2. The van der Waals surface area contributed by atoms with E-state index >= 15 is 0 Å². The number of hydrogen-bond donors (Lipinski definition) is 2. The molecule has 2 aliphatic heterocycles. The maximum atomic E-state index is 13.1. The highest BCUT2D eigenvalue weighted by Gasteiger charge is 2.49. The first-order valence-corrected chi connectivity index (χ1v) is 18.1. The topological polar surface area (TPSA) is 116 Å². The molecular weight excluding hydrogens is 654 g/mol. The summed E-state index contributed by atoms with van der Waals surface area (Å²) in [5, 5.41) is 8.97. The summed E-state index contributed by atoms with van der Waals surface area (Å²) in [7, 11) is 1.39. The summed E-state index contributed by atoms with van der Waals surface area (Å²) in [4.78, 5) is 55.0. The fourth-order valence-corrected chi connectivity index (χ4v) is 8.73. The number of amides is 1. The van der Waals surface area contributed by atoms with Crippen molar-refractivity contribution in [2.75, 3.05) is 33.3 Å². The molecule has 0 unspecified atom stereocenters. The number of nitrogens with zero attached hydrogens (tertiary/aromatic N) is 2. The molecule has 1 amide bonds. The number of nitrogens with one attached hydrogen (secondary N) is 1. The molecule has 2 fully saturated rings. The third kappa shape index (κ3) is 6.84. The van der Waals surface area contributed by atoms with Crippen LogP contribution in [0, 0.1) is 10.8 Å². The summed E-state index contributed by atoms with van der Waals surface area (Å²) in [5.74, 6) is -0.543. The van der Waals surface area contributed by atoms with Crippen molar-refractivity contribution in [3.63, 3.8) is 0 Å². The van der Waals surface area contributed by atoms with Gasteiger partial charge >= 0.3 is 5.97 Å². The van der Waals surface area contributed by atoms with Crippen LogP contribution in [0.3, 0.4) is 0 Å². The van der Waals surface area contributed by atoms with E-state index in [2.05, 4.69) is 46.2 Å². The summed E-state index contributed by atoms with van der Waals surface area (Å²) in [6.07, 6.45) is 4.53. The molecule has 2 spiro atoms. The first-order valence-electron chi connectivity index (χ1n) is 18.1. The largest absolute Gasteiger partial charge is 0.465 e. The number of esters is 1. The first kappa shape index (κ1) is 35.4. The molecule has 0 saturated carbocycles. The van der Waals surface area contributed by atoms with Crippen LogP contribution in [0.4, 0.5) is 0 Å². The van der Waals surface area contributed by atoms with Gasteiger partial charge in [-0.15, -0.1) is 0 Å². The molecule has 4 aromatic rings. The molecule has 9 nitrogen and oxygen atoms in total. The zero-order valence-electron chi connectivity index (χ0n) is 29.6. The van der Waals surface area contributed by atoms with Crippen LogP contribution < -0.4 is 5.48 Å². The van der Waals surface area contributed by atoms with E-state index in [0.29, 0.717) is 35.1 Å². The fraction of sp³-hybridized carbons (Fsp3) is 0.349. The van der Waals surface area contributed by atoms with Crippen molar-refractivity contribution in [2.24, 2.45) is 10.8 Å². The molecular formula is C43H45N3O6. The number of likely N-dealkylation sites (tertiary alicyclic amines) is 2. The van der Waals surface area contributed by atoms with Gasteiger partial charge < -0.3 is 4.74 Å². The second kappa shape index (κ2) is 14.9. The predicted octanol–water partition coefficient (Wildman–Crippen LogP) is 6.32. The number of Topliss-reactive ketones (excluding diaryl/α,β-unsaturated/α-hetero) is 2. The Bertz CT molecular complexity index is 1820. The summed E-state index contributed by atoms with van der Waals surface area (Å²) in [6, 6.07) is 31.4. The number of benzene rings is 4. The van der Waals surface area contributed by atoms with Gasteiger partial charge in [0.25, 0.3) is 5.91 Å². The summed E-state index contributed by atoms with van der Waals surface area (Å²) in [5.41, 5.74) is 7.49. The number of ether oxygens (including phenoxy) is 1. The highest BCUT2D eigenvalue weighted by Crippen LogP contribution is 2.47. The lowest BCUT2D eigenvalue weighted by molar-refractivity contribution is 0.0587. The van der Waals surface area contributed by atoms with Gasteiger partial charge in [0.2, 0.25) is 0 Å². The molecule has 0 aromatic heterocycles. The molecule has 2 N–H and O–H groups in total. The van der Waals surface area contributed by atoms with Crippen molar-refractivity contribution in [3.8, 4) is 0 Å². The van der Waals surface area contributed by atoms with Crippen molar-refractivity contribution >= 4 is 23.4 Å². The van der Waals surface area contributed by atoms with Crippen LogP contribution in [-0.4, -0.2) is 71.7 Å². The number of piperidine rings is 2. The fourth-order valence-electron chi connectivity index (χ4n) is 8.73. The van der Waals surface area contributed by atoms with E-state index in [1.807, 2.05) is 30.3 Å². The standard InChI is InChI=1S/C22H23NO3.C21H22N2O3/c1-26-21(25)18-9-5-8-17-19(18)14-22(20(17)24)10-12-23(13-11-22)15-16-6-3-2-4-7-16;24-19-16-7-4-8-17(20(25)22-26)18(16)13-21(19)9-11-23(12-10-21)14-15-5-2-1-3-6-15/h2-9H,10-15H2,1H3;1-8,26H,9-14H2,(H,22,25). The molecule has 52 heavy (non-hydrogen) atoms. The van der Waals surface area contributed by atoms with Gasteiger partial charge in [0.1, 0.15) is 0 Å². The van der Waals surface area contributed by atoms with Crippen molar-refractivity contribution in [3.05, 3.63) is 142 Å². The minimum Gasteiger partial charge on any atom is -0.465 e. The van der Waals surface area contributed by atoms with Crippen LogP contribution in [0.5, 0.6) is 0 Å². The molecule has 2 heterocycles. The molecule has 2 aliphatic carbocycles. The summed E-state index contributed by atoms with van der Waals surface area (Å²) in [6.45, 7) is 5.37. The van der Waals surface area contributed by atoms with Gasteiger partial charge in [0.15, 0.2) is 11.6 Å². The average Bonchev–Trinajstić information content (AvgIpc) is 3.63. The summed E-state index contributed by atoms with van der Waals surface area (Å²) >= 11 is 0. The Kier molecular flexibility index (Phi) is 10.2. The highest BCUT2D eigenvalue weighted by atomic mass is 16.5. The minimum absolute atomic E-state index is 0.152. The third-order valence-corrected chi connectivity index (χ3v) is 11.7. The average molecular weight is 700 g/mol. The number of fused-ring (bicyclic) bond motifs is 2. The lowest BCUT2D eigenvalue weighted by Gasteiger charge is -2.38. The van der Waals surface area contributed by atoms with Crippen molar-refractivity contribution < 1.29 is 29.1 Å². The maximum absolute atomic E-state index is 13.1. The van der Waals surface area contributed by atoms with Gasteiger partial charge in [0, 0.05) is 40.6 Å². The van der Waals surface area contributed by atoms with E-state index in [-0.39, 0.29) is 23.0 Å². The lowest BCUT2D eigenvalue weighted by atomic mass is 9.75. The van der Waals surface area contributed by atoms with Gasteiger partial charge in [-0.25, -0.2) is 10.3 Å². The molecule has 9 heteroatoms. The molecule has 2 saturated heterocycles. The Morgan fingerprint density at radius 3 is 1.48 bits per heavy atom. The Balaban J connectivity index is 0.000000162. The smallest absolute Gasteiger partial charge is 0.338 e. The monoisotopic (exact) mass is 699 g/mol. The number of carbonyl (C=O) groups excluding carboxylic acids is 4. The number of rotatable bonds is 6. The van der Waals surface area contributed by atoms with E-state index in [1.54, 1.807) is 35.8 Å². The lowest BCUT2D eigenvalue weighted by Crippen LogP contribution is -2.42. The van der Waals surface area contributed by atoms with Crippen LogP contribution in [0.15, 0.2) is 97.1 Å². The van der Waals surface area contributed by atoms with E-state index in [1.165, 1.54) is 18.2 Å². The van der Waals surface area contributed by atoms with Gasteiger partial charge in [-0.1, -0.05) is 84.9 Å². The van der Waals surface area contributed by atoms with Crippen LogP contribution in [0.1, 0.15) is 89.4 Å². The molecule has 0 radical (unpaired) electrons. The molecule has 0 atom stereocenters. The Labute approximate surface area is 304 Å². The second-order valence-electron chi connectivity index (χ2n) is 14.7. The van der Waals surface area contributed by atoms with E-state index in [9.17, 15) is 19.2 Å². The minimum atomic E-state index is -0.548. The number of carbonyl (C=O) groups is 4. The van der Waals surface area contributed by atoms with Gasteiger partial charge in [-0.05, 0) is 99.1 Å². The highest BCUT2D eigenvalue weighted by molar-refractivity contribution is 6.09. The van der Waals surface area contributed by atoms with Crippen molar-refractivity contribution in [1.29, 1.82) is 0 Å². The summed E-state index contributed by atoms with van der Waals surface area (Å²) < 4.78 is 4.90. The van der Waals surface area contributed by atoms with E-state index in [4.69, 9.17) is 9.94 Å².